The third-order valence-electron chi connectivity index (χ3n) is 3.69. The molecule has 0 spiro atoms. The number of piperidine rings is 1. The van der Waals surface area contributed by atoms with E-state index >= 15 is 0 Å². The van der Waals surface area contributed by atoms with Gasteiger partial charge in [-0.1, -0.05) is 30.7 Å². The molecule has 1 aliphatic rings. The van der Waals surface area contributed by atoms with Crippen molar-refractivity contribution in [3.63, 3.8) is 0 Å². The molecule has 1 fully saturated rings. The summed E-state index contributed by atoms with van der Waals surface area (Å²) in [6.45, 7) is 3.14. The second kappa shape index (κ2) is 7.99. The van der Waals surface area contributed by atoms with Crippen LogP contribution in [0.15, 0.2) is 30.3 Å². The highest BCUT2D eigenvalue weighted by molar-refractivity contribution is 6.30. The molecule has 5 heteroatoms. The van der Waals surface area contributed by atoms with Crippen LogP contribution in [-0.4, -0.2) is 35.8 Å². The van der Waals surface area contributed by atoms with Gasteiger partial charge in [0, 0.05) is 36.7 Å². The molecule has 1 saturated heterocycles. The number of rotatable bonds is 4. The monoisotopic (exact) mass is 320 g/mol. The zero-order valence-corrected chi connectivity index (χ0v) is 13.5. The first kappa shape index (κ1) is 16.6. The number of nitrogens with zero attached hydrogens (tertiary/aromatic N) is 1. The topological polar surface area (TPSA) is 49.4 Å². The molecule has 1 N–H and O–H groups in total. The maximum absolute atomic E-state index is 12.3. The van der Waals surface area contributed by atoms with Crippen LogP contribution in [0.4, 0.5) is 0 Å². The summed E-state index contributed by atoms with van der Waals surface area (Å²) in [6.07, 6.45) is 5.64. The minimum atomic E-state index is -0.0320. The molecular weight excluding hydrogens is 300 g/mol. The number of carbonyl (C=O) groups is 2. The van der Waals surface area contributed by atoms with Crippen LogP contribution in [0.3, 0.4) is 0 Å². The number of hydrogen-bond acceptors (Lipinski definition) is 2. The number of nitrogens with one attached hydrogen (secondary N) is 1. The Kier molecular flexibility index (Phi) is 6.01. The van der Waals surface area contributed by atoms with Gasteiger partial charge in [-0.05, 0) is 36.6 Å². The summed E-state index contributed by atoms with van der Waals surface area (Å²) in [5, 5.41) is 3.61. The van der Waals surface area contributed by atoms with Crippen LogP contribution in [0.25, 0.3) is 6.08 Å². The first-order valence-corrected chi connectivity index (χ1v) is 7.98. The van der Waals surface area contributed by atoms with E-state index in [9.17, 15) is 9.59 Å². The quantitative estimate of drug-likeness (QED) is 0.867. The van der Waals surface area contributed by atoms with Gasteiger partial charge in [0.15, 0.2) is 0 Å². The second-order valence-corrected chi connectivity index (χ2v) is 5.87. The lowest BCUT2D eigenvalue weighted by Crippen LogP contribution is -2.49. The summed E-state index contributed by atoms with van der Waals surface area (Å²) in [5.74, 6) is 0.00388. The Hall–Kier alpha value is -1.81. The maximum atomic E-state index is 12.3. The van der Waals surface area contributed by atoms with E-state index in [-0.39, 0.29) is 17.9 Å². The highest BCUT2D eigenvalue weighted by Gasteiger charge is 2.23. The molecule has 1 heterocycles. The SMILES string of the molecule is CCC(=O)NC1CCCN(C(=O)C=Cc2cccc(Cl)c2)C1. The van der Waals surface area contributed by atoms with Gasteiger partial charge in [-0.25, -0.2) is 0 Å². The summed E-state index contributed by atoms with van der Waals surface area (Å²) < 4.78 is 0. The molecule has 1 atom stereocenters. The van der Waals surface area contributed by atoms with Gasteiger partial charge in [-0.2, -0.15) is 0 Å². The molecule has 1 aliphatic heterocycles. The van der Waals surface area contributed by atoms with E-state index in [0.29, 0.717) is 18.0 Å². The van der Waals surface area contributed by atoms with Crippen LogP contribution < -0.4 is 5.32 Å². The van der Waals surface area contributed by atoms with Crippen molar-refractivity contribution in [2.45, 2.75) is 32.2 Å². The summed E-state index contributed by atoms with van der Waals surface area (Å²) in [7, 11) is 0. The highest BCUT2D eigenvalue weighted by Crippen LogP contribution is 2.14. The number of halogens is 1. The third-order valence-corrected chi connectivity index (χ3v) is 3.92. The molecular formula is C17H21ClN2O2. The number of carbonyl (C=O) groups excluding carboxylic acids is 2. The van der Waals surface area contributed by atoms with Crippen LogP contribution in [0.1, 0.15) is 31.7 Å². The Morgan fingerprint density at radius 1 is 1.45 bits per heavy atom. The lowest BCUT2D eigenvalue weighted by molar-refractivity contribution is -0.129. The first-order valence-electron chi connectivity index (χ1n) is 7.60. The van der Waals surface area contributed by atoms with Crippen LogP contribution in [0, 0.1) is 0 Å². The Morgan fingerprint density at radius 3 is 3.00 bits per heavy atom. The van der Waals surface area contributed by atoms with E-state index in [0.717, 1.165) is 24.9 Å². The van der Waals surface area contributed by atoms with Crippen LogP contribution >= 0.6 is 11.6 Å². The zero-order valence-electron chi connectivity index (χ0n) is 12.7. The molecule has 0 aromatic heterocycles. The number of benzene rings is 1. The standard InChI is InChI=1S/C17H21ClN2O2/c1-2-16(21)19-15-7-4-10-20(12-15)17(22)9-8-13-5-3-6-14(18)11-13/h3,5-6,8-9,11,15H,2,4,7,10,12H2,1H3,(H,19,21). The van der Waals surface area contributed by atoms with E-state index in [1.54, 1.807) is 23.1 Å². The average molecular weight is 321 g/mol. The molecule has 118 valence electrons. The molecule has 1 aromatic carbocycles. The van der Waals surface area contributed by atoms with Crippen molar-refractivity contribution >= 4 is 29.5 Å². The molecule has 2 amide bonds. The number of amides is 2. The van der Waals surface area contributed by atoms with Gasteiger partial charge >= 0.3 is 0 Å². The average Bonchev–Trinajstić information content (AvgIpc) is 2.53. The third kappa shape index (κ3) is 4.88. The van der Waals surface area contributed by atoms with Crippen molar-refractivity contribution in [3.05, 3.63) is 40.9 Å². The largest absolute Gasteiger partial charge is 0.352 e. The van der Waals surface area contributed by atoms with Gasteiger partial charge in [-0.3, -0.25) is 9.59 Å². The van der Waals surface area contributed by atoms with E-state index in [4.69, 9.17) is 11.6 Å². The summed E-state index contributed by atoms with van der Waals surface area (Å²) in [5.41, 5.74) is 0.897. The minimum absolute atomic E-state index is 0.0320. The highest BCUT2D eigenvalue weighted by atomic mass is 35.5. The Morgan fingerprint density at radius 2 is 2.27 bits per heavy atom. The first-order chi connectivity index (χ1) is 10.6. The second-order valence-electron chi connectivity index (χ2n) is 5.43. The summed E-state index contributed by atoms with van der Waals surface area (Å²) in [6, 6.07) is 7.42. The predicted molar refractivity (Wildman–Crippen MR) is 88.5 cm³/mol. The molecule has 4 nitrogen and oxygen atoms in total. The lowest BCUT2D eigenvalue weighted by Gasteiger charge is -2.32. The fourth-order valence-corrected chi connectivity index (χ4v) is 2.71. The molecule has 0 aliphatic carbocycles. The van der Waals surface area contributed by atoms with Crippen molar-refractivity contribution in [3.8, 4) is 0 Å². The molecule has 22 heavy (non-hydrogen) atoms. The molecule has 2 rings (SSSR count). The zero-order chi connectivity index (χ0) is 15.9. The maximum Gasteiger partial charge on any atom is 0.246 e. The van der Waals surface area contributed by atoms with Gasteiger partial charge in [0.25, 0.3) is 0 Å². The molecule has 1 unspecified atom stereocenters. The van der Waals surface area contributed by atoms with E-state index in [2.05, 4.69) is 5.32 Å². The lowest BCUT2D eigenvalue weighted by atomic mass is 10.1. The summed E-state index contributed by atoms with van der Waals surface area (Å²) in [4.78, 5) is 25.5. The van der Waals surface area contributed by atoms with Crippen molar-refractivity contribution < 1.29 is 9.59 Å². The van der Waals surface area contributed by atoms with Gasteiger partial charge in [0.1, 0.15) is 0 Å². The molecule has 0 bridgehead atoms. The predicted octanol–water partition coefficient (Wildman–Crippen LogP) is 2.87. The minimum Gasteiger partial charge on any atom is -0.352 e. The van der Waals surface area contributed by atoms with Gasteiger partial charge in [0.05, 0.1) is 0 Å². The van der Waals surface area contributed by atoms with Crippen molar-refractivity contribution in [2.75, 3.05) is 13.1 Å². The molecule has 1 aromatic rings. The normalized spacial score (nSPS) is 18.5. The van der Waals surface area contributed by atoms with Crippen molar-refractivity contribution in [1.82, 2.24) is 10.2 Å². The molecule has 0 saturated carbocycles. The summed E-state index contributed by atoms with van der Waals surface area (Å²) >= 11 is 5.92. The van der Waals surface area contributed by atoms with Gasteiger partial charge < -0.3 is 10.2 Å². The Labute approximate surface area is 136 Å². The van der Waals surface area contributed by atoms with Crippen molar-refractivity contribution in [2.24, 2.45) is 0 Å². The number of hydrogen-bond donors (Lipinski definition) is 1. The van der Waals surface area contributed by atoms with E-state index in [1.165, 1.54) is 0 Å². The fraction of sp³-hybridized carbons (Fsp3) is 0.412. The smallest absolute Gasteiger partial charge is 0.246 e. The van der Waals surface area contributed by atoms with E-state index in [1.807, 2.05) is 25.1 Å². The molecule has 0 radical (unpaired) electrons. The van der Waals surface area contributed by atoms with Crippen LogP contribution in [0.2, 0.25) is 5.02 Å². The Balaban J connectivity index is 1.93. The van der Waals surface area contributed by atoms with Crippen LogP contribution in [-0.2, 0) is 9.59 Å². The fourth-order valence-electron chi connectivity index (χ4n) is 2.51. The van der Waals surface area contributed by atoms with Crippen LogP contribution in [0.5, 0.6) is 0 Å². The van der Waals surface area contributed by atoms with E-state index < -0.39 is 0 Å². The Bertz CT molecular complexity index is 572. The van der Waals surface area contributed by atoms with Crippen molar-refractivity contribution in [1.29, 1.82) is 0 Å². The number of likely N-dealkylation sites (tertiary alicyclic amines) is 1. The van der Waals surface area contributed by atoms with Gasteiger partial charge in [0.2, 0.25) is 11.8 Å². The van der Waals surface area contributed by atoms with Gasteiger partial charge in [-0.15, -0.1) is 0 Å².